The normalized spacial score (nSPS) is 13.2. The monoisotopic (exact) mass is 241 g/mol. The van der Waals surface area contributed by atoms with Gasteiger partial charge in [-0.25, -0.2) is 4.39 Å². The first-order valence-electron chi connectivity index (χ1n) is 5.24. The average Bonchev–Trinajstić information content (AvgIpc) is 2.31. The van der Waals surface area contributed by atoms with E-state index in [9.17, 15) is 4.39 Å². The number of hydrogen-bond donors (Lipinski definition) is 3. The van der Waals surface area contributed by atoms with E-state index in [0.29, 0.717) is 12.3 Å². The summed E-state index contributed by atoms with van der Waals surface area (Å²) in [6, 6.07) is 4.10. The first-order chi connectivity index (χ1) is 8.08. The second kappa shape index (κ2) is 5.93. The van der Waals surface area contributed by atoms with Crippen molar-refractivity contribution in [2.75, 3.05) is 11.9 Å². The number of ether oxygens (including phenoxy) is 1. The Balaban J connectivity index is 2.77. The average molecular weight is 241 g/mol. The van der Waals surface area contributed by atoms with Crippen molar-refractivity contribution in [3.63, 3.8) is 0 Å². The molecule has 0 saturated heterocycles. The van der Waals surface area contributed by atoms with Crippen LogP contribution in [0.25, 0.3) is 0 Å². The summed E-state index contributed by atoms with van der Waals surface area (Å²) in [6.45, 7) is 3.89. The van der Waals surface area contributed by atoms with E-state index >= 15 is 0 Å². The summed E-state index contributed by atoms with van der Waals surface area (Å²) in [5, 5.41) is 14.2. The third-order valence-corrected chi connectivity index (χ3v) is 2.17. The fraction of sp³-hybridized carbons (Fsp3) is 0.364. The lowest BCUT2D eigenvalue weighted by Crippen LogP contribution is -2.32. The molecule has 1 aromatic carbocycles. The predicted octanol–water partition coefficient (Wildman–Crippen LogP) is 1.77. The summed E-state index contributed by atoms with van der Waals surface area (Å²) in [7, 11) is 0. The highest BCUT2D eigenvalue weighted by molar-refractivity contribution is 5.87. The number of oxime groups is 1. The Labute approximate surface area is 99.1 Å². The Morgan fingerprint density at radius 3 is 2.88 bits per heavy atom. The molecule has 1 aromatic rings. The summed E-state index contributed by atoms with van der Waals surface area (Å²) in [4.78, 5) is 0. The van der Waals surface area contributed by atoms with Crippen LogP contribution in [0.4, 0.5) is 10.1 Å². The Morgan fingerprint density at radius 2 is 2.35 bits per heavy atom. The number of anilines is 1. The van der Waals surface area contributed by atoms with Gasteiger partial charge >= 0.3 is 0 Å². The van der Waals surface area contributed by atoms with Crippen LogP contribution in [-0.4, -0.2) is 23.7 Å². The van der Waals surface area contributed by atoms with Crippen LogP contribution in [0.2, 0.25) is 0 Å². The number of rotatable bonds is 5. The van der Waals surface area contributed by atoms with E-state index in [4.69, 9.17) is 15.7 Å². The summed E-state index contributed by atoms with van der Waals surface area (Å²) in [5.74, 6) is -0.225. The maximum Gasteiger partial charge on any atom is 0.167 e. The molecule has 0 aromatic heterocycles. The van der Waals surface area contributed by atoms with Crippen LogP contribution < -0.4 is 15.8 Å². The molecule has 0 fully saturated rings. The smallest absolute Gasteiger partial charge is 0.167 e. The second-order valence-electron chi connectivity index (χ2n) is 3.47. The van der Waals surface area contributed by atoms with Crippen LogP contribution in [0.15, 0.2) is 23.4 Å². The number of benzene rings is 1. The quantitative estimate of drug-likeness (QED) is 0.317. The van der Waals surface area contributed by atoms with Crippen molar-refractivity contribution in [3.8, 4) is 5.75 Å². The first kappa shape index (κ1) is 13.1. The zero-order valence-electron chi connectivity index (χ0n) is 9.77. The van der Waals surface area contributed by atoms with Gasteiger partial charge < -0.3 is 21.0 Å². The molecule has 94 valence electrons. The maximum atomic E-state index is 13.5. The standard InChI is InChI=1S/C11H16FN3O2/c1-3-17-10-5-4-8(6-9(10)12)14-7(2)11(13)15-16/h4-7,14,16H,3H2,1-2H3,(H2,13,15). The van der Waals surface area contributed by atoms with Gasteiger partial charge in [0.25, 0.3) is 0 Å². The number of nitrogens with two attached hydrogens (primary N) is 1. The van der Waals surface area contributed by atoms with Crippen molar-refractivity contribution in [1.29, 1.82) is 0 Å². The lowest BCUT2D eigenvalue weighted by Gasteiger charge is -2.14. The lowest BCUT2D eigenvalue weighted by molar-refractivity contribution is 0.316. The molecule has 0 aliphatic rings. The summed E-state index contributed by atoms with van der Waals surface area (Å²) in [5.41, 5.74) is 5.93. The van der Waals surface area contributed by atoms with E-state index in [1.807, 2.05) is 0 Å². The molecule has 0 radical (unpaired) electrons. The van der Waals surface area contributed by atoms with Crippen molar-refractivity contribution >= 4 is 11.5 Å². The molecule has 0 aliphatic heterocycles. The predicted molar refractivity (Wildman–Crippen MR) is 64.1 cm³/mol. The molecule has 0 heterocycles. The van der Waals surface area contributed by atoms with Gasteiger partial charge in [0.2, 0.25) is 0 Å². The van der Waals surface area contributed by atoms with Gasteiger partial charge in [-0.2, -0.15) is 0 Å². The Kier molecular flexibility index (Phi) is 4.56. The molecule has 5 nitrogen and oxygen atoms in total. The molecule has 0 spiro atoms. The summed E-state index contributed by atoms with van der Waals surface area (Å²) < 4.78 is 18.6. The number of halogens is 1. The van der Waals surface area contributed by atoms with Crippen LogP contribution >= 0.6 is 0 Å². The number of nitrogens with zero attached hydrogens (tertiary/aromatic N) is 1. The molecule has 0 saturated carbocycles. The third kappa shape index (κ3) is 3.51. The minimum absolute atomic E-state index is 0.0271. The van der Waals surface area contributed by atoms with Crippen LogP contribution in [0, 0.1) is 5.82 Å². The van der Waals surface area contributed by atoms with E-state index < -0.39 is 11.9 Å². The topological polar surface area (TPSA) is 79.9 Å². The van der Waals surface area contributed by atoms with E-state index in [1.165, 1.54) is 12.1 Å². The van der Waals surface area contributed by atoms with Crippen LogP contribution in [0.5, 0.6) is 5.75 Å². The molecule has 0 bridgehead atoms. The molecule has 1 rings (SSSR count). The lowest BCUT2D eigenvalue weighted by atomic mass is 10.2. The van der Waals surface area contributed by atoms with Crippen molar-refractivity contribution < 1.29 is 14.3 Å². The number of amidine groups is 1. The van der Waals surface area contributed by atoms with Crippen LogP contribution in [0.1, 0.15) is 13.8 Å². The fourth-order valence-corrected chi connectivity index (χ4v) is 1.27. The van der Waals surface area contributed by atoms with Crippen LogP contribution in [0.3, 0.4) is 0 Å². The van der Waals surface area contributed by atoms with Crippen molar-refractivity contribution in [1.82, 2.24) is 0 Å². The third-order valence-electron chi connectivity index (χ3n) is 2.17. The van der Waals surface area contributed by atoms with Gasteiger partial charge in [-0.1, -0.05) is 5.16 Å². The SMILES string of the molecule is CCOc1ccc(NC(C)/C(N)=N/O)cc1F. The van der Waals surface area contributed by atoms with Gasteiger partial charge in [0.05, 0.1) is 12.6 Å². The highest BCUT2D eigenvalue weighted by Gasteiger charge is 2.09. The minimum Gasteiger partial charge on any atom is -0.491 e. The van der Waals surface area contributed by atoms with Crippen molar-refractivity contribution in [3.05, 3.63) is 24.0 Å². The van der Waals surface area contributed by atoms with Crippen LogP contribution in [-0.2, 0) is 0 Å². The minimum atomic E-state index is -0.455. The van der Waals surface area contributed by atoms with E-state index in [-0.39, 0.29) is 11.6 Å². The van der Waals surface area contributed by atoms with Crippen molar-refractivity contribution in [2.24, 2.45) is 10.9 Å². The summed E-state index contributed by atoms with van der Waals surface area (Å²) in [6.07, 6.45) is 0. The van der Waals surface area contributed by atoms with Gasteiger partial charge in [-0.15, -0.1) is 0 Å². The second-order valence-corrected chi connectivity index (χ2v) is 3.47. The van der Waals surface area contributed by atoms with Crippen molar-refractivity contribution in [2.45, 2.75) is 19.9 Å². The molecule has 4 N–H and O–H groups in total. The number of hydrogen-bond acceptors (Lipinski definition) is 4. The Morgan fingerprint density at radius 1 is 1.65 bits per heavy atom. The maximum absolute atomic E-state index is 13.5. The number of nitrogens with one attached hydrogen (secondary N) is 1. The van der Waals surface area contributed by atoms with Gasteiger partial charge in [0.15, 0.2) is 17.4 Å². The van der Waals surface area contributed by atoms with E-state index in [1.54, 1.807) is 19.9 Å². The van der Waals surface area contributed by atoms with Gasteiger partial charge in [-0.05, 0) is 26.0 Å². The highest BCUT2D eigenvalue weighted by Crippen LogP contribution is 2.21. The first-order valence-corrected chi connectivity index (χ1v) is 5.24. The Hall–Kier alpha value is -1.98. The zero-order chi connectivity index (χ0) is 12.8. The molecule has 1 atom stereocenters. The fourth-order valence-electron chi connectivity index (χ4n) is 1.27. The molecular formula is C11H16FN3O2. The van der Waals surface area contributed by atoms with Gasteiger partial charge in [0, 0.05) is 11.8 Å². The molecule has 6 heteroatoms. The molecule has 0 aliphatic carbocycles. The zero-order valence-corrected chi connectivity index (χ0v) is 9.77. The van der Waals surface area contributed by atoms with E-state index in [0.717, 1.165) is 0 Å². The van der Waals surface area contributed by atoms with Gasteiger partial charge in [0.1, 0.15) is 0 Å². The van der Waals surface area contributed by atoms with Gasteiger partial charge in [-0.3, -0.25) is 0 Å². The molecular weight excluding hydrogens is 225 g/mol. The summed E-state index contributed by atoms with van der Waals surface area (Å²) >= 11 is 0. The molecule has 1 unspecified atom stereocenters. The molecule has 17 heavy (non-hydrogen) atoms. The largest absolute Gasteiger partial charge is 0.491 e. The highest BCUT2D eigenvalue weighted by atomic mass is 19.1. The molecule has 0 amide bonds. The van der Waals surface area contributed by atoms with E-state index in [2.05, 4.69) is 10.5 Å². The Bertz CT molecular complexity index is 410.